The van der Waals surface area contributed by atoms with Crippen LogP contribution in [0.1, 0.15) is 45.2 Å². The minimum atomic E-state index is -5.05. The second-order valence-electron chi connectivity index (χ2n) is 8.75. The van der Waals surface area contributed by atoms with Gasteiger partial charge in [0.15, 0.2) is 6.61 Å². The Morgan fingerprint density at radius 1 is 1.09 bits per heavy atom. The Morgan fingerprint density at radius 3 is 2.19 bits per heavy atom. The topological polar surface area (TPSA) is 62.1 Å². The number of alkyl halides is 3. The molecule has 1 atom stereocenters. The third-order valence-corrected chi connectivity index (χ3v) is 5.80. The summed E-state index contributed by atoms with van der Waals surface area (Å²) < 4.78 is 45.9. The molecule has 5 nitrogen and oxygen atoms in total. The number of halogens is 3. The molecule has 1 heterocycles. The summed E-state index contributed by atoms with van der Waals surface area (Å²) in [7, 11) is 0. The molecule has 0 aromatic heterocycles. The van der Waals surface area contributed by atoms with Crippen molar-refractivity contribution < 1.29 is 27.8 Å². The molecule has 3 rings (SSSR count). The van der Waals surface area contributed by atoms with E-state index in [-0.39, 0.29) is 22.1 Å². The number of hydrazone groups is 1. The molecule has 1 aliphatic heterocycles. The first-order valence-electron chi connectivity index (χ1n) is 10.3. The number of hydrogen-bond donors (Lipinski definition) is 1. The number of amides is 1. The van der Waals surface area contributed by atoms with Gasteiger partial charge in [-0.25, -0.2) is 0 Å². The van der Waals surface area contributed by atoms with Gasteiger partial charge >= 0.3 is 6.18 Å². The number of aliphatic hydroxyl groups is 1. The van der Waals surface area contributed by atoms with Gasteiger partial charge in [0.2, 0.25) is 0 Å². The molecule has 172 valence electrons. The average Bonchev–Trinajstić information content (AvgIpc) is 3.12. The molecule has 1 amide bonds. The number of carbonyl (C=O) groups excluding carboxylic acids is 1. The van der Waals surface area contributed by atoms with Gasteiger partial charge in [-0.15, -0.1) is 0 Å². The van der Waals surface area contributed by atoms with Gasteiger partial charge in [0.1, 0.15) is 5.75 Å². The SMILES string of the molecule is CC(C)C1=NN(C(=O)COc2ccc(C(C)(C)c3ccccc3)cc2)[C@](O)(C(F)(F)F)C1. The fourth-order valence-corrected chi connectivity index (χ4v) is 3.57. The summed E-state index contributed by atoms with van der Waals surface area (Å²) in [5.74, 6) is -1.09. The van der Waals surface area contributed by atoms with E-state index >= 15 is 0 Å². The highest BCUT2D eigenvalue weighted by Gasteiger charge is 2.63. The van der Waals surface area contributed by atoms with E-state index in [2.05, 4.69) is 18.9 Å². The van der Waals surface area contributed by atoms with Gasteiger partial charge < -0.3 is 9.84 Å². The summed E-state index contributed by atoms with van der Waals surface area (Å²) in [5, 5.41) is 14.1. The molecular formula is C24H27F3N2O3. The molecule has 0 radical (unpaired) electrons. The molecule has 0 unspecified atom stereocenters. The van der Waals surface area contributed by atoms with Crippen molar-refractivity contribution in [2.75, 3.05) is 6.61 Å². The number of nitrogens with zero attached hydrogens (tertiary/aromatic N) is 2. The smallest absolute Gasteiger partial charge is 0.438 e. The summed E-state index contributed by atoms with van der Waals surface area (Å²) in [4.78, 5) is 12.5. The van der Waals surface area contributed by atoms with Gasteiger partial charge in [-0.05, 0) is 29.2 Å². The Balaban J connectivity index is 1.72. The van der Waals surface area contributed by atoms with E-state index in [1.807, 2.05) is 42.5 Å². The van der Waals surface area contributed by atoms with Crippen LogP contribution in [0.25, 0.3) is 0 Å². The normalized spacial score (nSPS) is 19.3. The van der Waals surface area contributed by atoms with E-state index in [0.717, 1.165) is 11.1 Å². The molecule has 32 heavy (non-hydrogen) atoms. The van der Waals surface area contributed by atoms with Gasteiger partial charge in [0.05, 0.1) is 0 Å². The summed E-state index contributed by atoms with van der Waals surface area (Å²) in [6.45, 7) is 6.78. The Kier molecular flexibility index (Phi) is 6.38. The molecule has 8 heteroatoms. The zero-order chi connectivity index (χ0) is 23.7. The van der Waals surface area contributed by atoms with Gasteiger partial charge in [-0.3, -0.25) is 4.79 Å². The third-order valence-electron chi connectivity index (χ3n) is 5.80. The van der Waals surface area contributed by atoms with Crippen molar-refractivity contribution >= 4 is 11.6 Å². The van der Waals surface area contributed by atoms with Crippen LogP contribution in [0, 0.1) is 5.92 Å². The lowest BCUT2D eigenvalue weighted by atomic mass is 9.78. The number of rotatable bonds is 6. The fourth-order valence-electron chi connectivity index (χ4n) is 3.57. The molecule has 1 aliphatic rings. The van der Waals surface area contributed by atoms with E-state index < -0.39 is 30.8 Å². The second-order valence-corrected chi connectivity index (χ2v) is 8.75. The van der Waals surface area contributed by atoms with Crippen molar-refractivity contribution in [2.45, 2.75) is 51.4 Å². The van der Waals surface area contributed by atoms with Crippen LogP contribution in [-0.4, -0.2) is 40.2 Å². The lowest BCUT2D eigenvalue weighted by Gasteiger charge is -2.32. The van der Waals surface area contributed by atoms with Crippen molar-refractivity contribution in [3.63, 3.8) is 0 Å². The van der Waals surface area contributed by atoms with Crippen LogP contribution in [0.4, 0.5) is 13.2 Å². The van der Waals surface area contributed by atoms with Crippen LogP contribution >= 0.6 is 0 Å². The summed E-state index contributed by atoms with van der Waals surface area (Å²) in [5.41, 5.74) is -1.39. The first kappa shape index (κ1) is 23.8. The maximum Gasteiger partial charge on any atom is 0.438 e. The van der Waals surface area contributed by atoms with Crippen LogP contribution in [0.2, 0.25) is 0 Å². The zero-order valence-corrected chi connectivity index (χ0v) is 18.5. The maximum atomic E-state index is 13.5. The molecule has 0 saturated heterocycles. The Hall–Kier alpha value is -2.87. The average molecular weight is 448 g/mol. The highest BCUT2D eigenvalue weighted by atomic mass is 19.4. The molecule has 1 N–H and O–H groups in total. The standard InChI is InChI=1S/C24H27F3N2O3/c1-16(2)20-14-23(31,24(25,26)27)29(28-20)21(30)15-32-19-12-10-18(11-13-19)22(3,4)17-8-6-5-7-9-17/h5-13,16,31H,14-15H2,1-4H3/t23-/m1/s1. The number of hydrogen-bond acceptors (Lipinski definition) is 4. The van der Waals surface area contributed by atoms with Crippen LogP contribution in [0.5, 0.6) is 5.75 Å². The summed E-state index contributed by atoms with van der Waals surface area (Å²) >= 11 is 0. The Bertz CT molecular complexity index is 986. The molecule has 0 bridgehead atoms. The Labute approximate surface area is 185 Å². The van der Waals surface area contributed by atoms with Crippen molar-refractivity contribution in [2.24, 2.45) is 11.0 Å². The molecule has 0 spiro atoms. The number of ether oxygens (including phenoxy) is 1. The minimum absolute atomic E-state index is 0.102. The van der Waals surface area contributed by atoms with Crippen molar-refractivity contribution in [3.8, 4) is 5.75 Å². The molecular weight excluding hydrogens is 421 g/mol. The number of carbonyl (C=O) groups is 1. The Morgan fingerprint density at radius 2 is 1.66 bits per heavy atom. The van der Waals surface area contributed by atoms with Crippen molar-refractivity contribution in [1.82, 2.24) is 5.01 Å². The summed E-state index contributed by atoms with van der Waals surface area (Å²) in [6.07, 6.45) is -5.82. The molecule has 2 aromatic rings. The van der Waals surface area contributed by atoms with Crippen LogP contribution < -0.4 is 4.74 Å². The first-order chi connectivity index (χ1) is 14.9. The lowest BCUT2D eigenvalue weighted by molar-refractivity contribution is -0.302. The van der Waals surface area contributed by atoms with Gasteiger partial charge in [0.25, 0.3) is 11.6 Å². The highest BCUT2D eigenvalue weighted by molar-refractivity contribution is 5.92. The van der Waals surface area contributed by atoms with Crippen LogP contribution in [0.3, 0.4) is 0 Å². The predicted octanol–water partition coefficient (Wildman–Crippen LogP) is 4.89. The maximum absolute atomic E-state index is 13.5. The zero-order valence-electron chi connectivity index (χ0n) is 18.5. The van der Waals surface area contributed by atoms with Gasteiger partial charge in [-0.2, -0.15) is 23.3 Å². The molecule has 0 aliphatic carbocycles. The lowest BCUT2D eigenvalue weighted by Crippen LogP contribution is -2.57. The molecule has 0 fully saturated rings. The minimum Gasteiger partial charge on any atom is -0.484 e. The van der Waals surface area contributed by atoms with Gasteiger partial charge in [0, 0.05) is 17.5 Å². The van der Waals surface area contributed by atoms with Gasteiger partial charge in [-0.1, -0.05) is 70.2 Å². The quantitative estimate of drug-likeness (QED) is 0.685. The third kappa shape index (κ3) is 4.50. The second kappa shape index (κ2) is 8.58. The molecule has 2 aromatic carbocycles. The predicted molar refractivity (Wildman–Crippen MR) is 115 cm³/mol. The van der Waals surface area contributed by atoms with Crippen molar-refractivity contribution in [1.29, 1.82) is 0 Å². The number of benzene rings is 2. The first-order valence-corrected chi connectivity index (χ1v) is 10.3. The largest absolute Gasteiger partial charge is 0.484 e. The van der Waals surface area contributed by atoms with E-state index in [9.17, 15) is 23.1 Å². The monoisotopic (exact) mass is 448 g/mol. The fraction of sp³-hybridized carbons (Fsp3) is 0.417. The van der Waals surface area contributed by atoms with Crippen LogP contribution in [-0.2, 0) is 10.2 Å². The van der Waals surface area contributed by atoms with E-state index in [1.165, 1.54) is 0 Å². The summed E-state index contributed by atoms with van der Waals surface area (Å²) in [6, 6.07) is 17.0. The van der Waals surface area contributed by atoms with E-state index in [0.29, 0.717) is 5.75 Å². The van der Waals surface area contributed by atoms with Crippen molar-refractivity contribution in [3.05, 3.63) is 65.7 Å². The highest BCUT2D eigenvalue weighted by Crippen LogP contribution is 2.41. The van der Waals surface area contributed by atoms with E-state index in [1.54, 1.807) is 26.0 Å². The van der Waals surface area contributed by atoms with Crippen LogP contribution in [0.15, 0.2) is 59.7 Å². The molecule has 0 saturated carbocycles. The van der Waals surface area contributed by atoms with E-state index in [4.69, 9.17) is 4.74 Å².